The Kier molecular flexibility index (Phi) is 202. The Morgan fingerprint density at radius 2 is 0.818 bits per heavy atom. The minimum absolute atomic E-state index is 1.25. The van der Waals surface area contributed by atoms with Gasteiger partial charge in [0.05, 0.1) is 0 Å². The highest BCUT2D eigenvalue weighted by atomic mass is 13.6. The molecule has 0 aliphatic carbocycles. The van der Waals surface area contributed by atoms with Crippen LogP contribution in [0, 0.1) is 0 Å². The number of hydrogen-bond donors (Lipinski definition) is 0. The van der Waals surface area contributed by atoms with Crippen molar-refractivity contribution in [2.75, 3.05) is 0 Å². The van der Waals surface area contributed by atoms with Gasteiger partial charge in [-0.15, -0.1) is 13.2 Å². The predicted molar refractivity (Wildman–Crippen MR) is 59.1 cm³/mol. The molecular formula is C11H28. The van der Waals surface area contributed by atoms with Gasteiger partial charge in [0.25, 0.3) is 0 Å². The fraction of sp³-hybridized carbons (Fsp3) is 0.818. The Morgan fingerprint density at radius 3 is 0.818 bits per heavy atom. The zero-order valence-electron chi connectivity index (χ0n) is 9.54. The molecule has 0 radical (unpaired) electrons. The van der Waals surface area contributed by atoms with Gasteiger partial charge in [-0.25, -0.2) is 0 Å². The topological polar surface area (TPSA) is 0 Å². The minimum atomic E-state index is 1.25. The fourth-order valence-electron chi connectivity index (χ4n) is 0. The quantitative estimate of drug-likeness (QED) is 0.471. The zero-order chi connectivity index (χ0) is 10.1. The van der Waals surface area contributed by atoms with Crippen LogP contribution in [0.15, 0.2) is 13.2 Å². The molecule has 0 saturated carbocycles. The standard InChI is InChI=1S/C4H10.C3H8.C2H6.C2H4/c1-3-4-2;1-3-2;2*1-2/h3-4H2,1-2H3;3H2,1-2H3;1-2H3;1-2H2. The summed E-state index contributed by atoms with van der Waals surface area (Å²) >= 11 is 0. The van der Waals surface area contributed by atoms with Gasteiger partial charge in [-0.05, 0) is 0 Å². The van der Waals surface area contributed by atoms with Crippen molar-refractivity contribution in [2.24, 2.45) is 0 Å². The molecule has 0 aliphatic rings. The van der Waals surface area contributed by atoms with Crippen LogP contribution in [0.5, 0.6) is 0 Å². The summed E-state index contributed by atoms with van der Waals surface area (Å²) in [5.41, 5.74) is 0. The van der Waals surface area contributed by atoms with Crippen LogP contribution in [0.3, 0.4) is 0 Å². The Balaban J connectivity index is -0.0000000315. The summed E-state index contributed by atoms with van der Waals surface area (Å²) < 4.78 is 0. The second kappa shape index (κ2) is 99.1. The second-order valence-corrected chi connectivity index (χ2v) is 1.71. The molecular weight excluding hydrogens is 132 g/mol. The van der Waals surface area contributed by atoms with Crippen LogP contribution in [0.2, 0.25) is 0 Å². The zero-order valence-corrected chi connectivity index (χ0v) is 9.54. The molecule has 0 aromatic rings. The SMILES string of the molecule is C=C.CC.CCC.CCCC. The third-order valence-corrected chi connectivity index (χ3v) is 0.500. The van der Waals surface area contributed by atoms with Gasteiger partial charge in [0.15, 0.2) is 0 Å². The van der Waals surface area contributed by atoms with E-state index in [-0.39, 0.29) is 0 Å². The van der Waals surface area contributed by atoms with Gasteiger partial charge in [0.1, 0.15) is 0 Å². The predicted octanol–water partition coefficient (Wildman–Crippen LogP) is 5.05. The monoisotopic (exact) mass is 160 g/mol. The molecule has 0 saturated heterocycles. The van der Waals surface area contributed by atoms with E-state index >= 15 is 0 Å². The number of rotatable bonds is 1. The Morgan fingerprint density at radius 1 is 0.727 bits per heavy atom. The molecule has 0 amide bonds. The van der Waals surface area contributed by atoms with Crippen molar-refractivity contribution >= 4 is 0 Å². The van der Waals surface area contributed by atoms with Crippen molar-refractivity contribution in [3.05, 3.63) is 13.2 Å². The average Bonchev–Trinajstić information content (AvgIpc) is 2.12. The first-order chi connectivity index (χ1) is 5.33. The van der Waals surface area contributed by atoms with E-state index in [4.69, 9.17) is 0 Å². The lowest BCUT2D eigenvalue weighted by Crippen LogP contribution is -1.47. The largest absolute Gasteiger partial charge is 0.106 e. The van der Waals surface area contributed by atoms with Gasteiger partial charge in [-0.1, -0.05) is 60.8 Å². The van der Waals surface area contributed by atoms with Crippen molar-refractivity contribution < 1.29 is 0 Å². The molecule has 0 bridgehead atoms. The van der Waals surface area contributed by atoms with Crippen LogP contribution in [0.1, 0.15) is 60.8 Å². The lowest BCUT2D eigenvalue weighted by Gasteiger charge is -1.68. The lowest BCUT2D eigenvalue weighted by atomic mass is 10.4. The normalized spacial score (nSPS) is 5.27. The first-order valence-corrected chi connectivity index (χ1v) is 4.83. The fourth-order valence-corrected chi connectivity index (χ4v) is 0. The Bertz CT molecular complexity index is 14.0. The number of hydrogen-bond acceptors (Lipinski definition) is 0. The van der Waals surface area contributed by atoms with Crippen LogP contribution in [0.25, 0.3) is 0 Å². The molecule has 0 N–H and O–H groups in total. The maximum atomic E-state index is 3.00. The van der Waals surface area contributed by atoms with Gasteiger partial charge in [0.2, 0.25) is 0 Å². The molecule has 0 rings (SSSR count). The van der Waals surface area contributed by atoms with E-state index < -0.39 is 0 Å². The Hall–Kier alpha value is -0.260. The van der Waals surface area contributed by atoms with E-state index in [0.717, 1.165) is 0 Å². The summed E-state index contributed by atoms with van der Waals surface area (Å²) in [6, 6.07) is 0. The van der Waals surface area contributed by atoms with Crippen molar-refractivity contribution in [1.82, 2.24) is 0 Å². The first kappa shape index (κ1) is 22.4. The summed E-state index contributed by atoms with van der Waals surface area (Å²) in [5, 5.41) is 0. The molecule has 0 heteroatoms. The molecule has 0 fully saturated rings. The number of unbranched alkanes of at least 4 members (excludes halogenated alkanes) is 1. The summed E-state index contributed by atoms with van der Waals surface area (Å²) in [7, 11) is 0. The molecule has 0 atom stereocenters. The van der Waals surface area contributed by atoms with Crippen LogP contribution in [0.4, 0.5) is 0 Å². The van der Waals surface area contributed by atoms with Gasteiger partial charge >= 0.3 is 0 Å². The molecule has 0 aromatic heterocycles. The maximum absolute atomic E-state index is 3.00. The van der Waals surface area contributed by atoms with E-state index in [1.54, 1.807) is 0 Å². The van der Waals surface area contributed by atoms with E-state index in [0.29, 0.717) is 0 Å². The molecule has 0 spiro atoms. The minimum Gasteiger partial charge on any atom is -0.106 e. The molecule has 0 aromatic carbocycles. The van der Waals surface area contributed by atoms with Crippen LogP contribution < -0.4 is 0 Å². The van der Waals surface area contributed by atoms with E-state index in [2.05, 4.69) is 40.9 Å². The van der Waals surface area contributed by atoms with Crippen LogP contribution >= 0.6 is 0 Å². The van der Waals surface area contributed by atoms with Crippen molar-refractivity contribution in [1.29, 1.82) is 0 Å². The van der Waals surface area contributed by atoms with Crippen molar-refractivity contribution in [3.63, 3.8) is 0 Å². The van der Waals surface area contributed by atoms with Gasteiger partial charge in [-0.2, -0.15) is 0 Å². The second-order valence-electron chi connectivity index (χ2n) is 1.71. The molecule has 0 heterocycles. The highest BCUT2D eigenvalue weighted by Crippen LogP contribution is 1.76. The third-order valence-electron chi connectivity index (χ3n) is 0.500. The van der Waals surface area contributed by atoms with Gasteiger partial charge < -0.3 is 0 Å². The molecule has 0 aliphatic heterocycles. The Labute approximate surface area is 74.7 Å². The van der Waals surface area contributed by atoms with Gasteiger partial charge in [-0.3, -0.25) is 0 Å². The van der Waals surface area contributed by atoms with Crippen molar-refractivity contribution in [2.45, 2.75) is 60.8 Å². The third kappa shape index (κ3) is 1070. The van der Waals surface area contributed by atoms with Crippen LogP contribution in [-0.2, 0) is 0 Å². The summed E-state index contributed by atoms with van der Waals surface area (Å²) in [6.45, 7) is 18.6. The van der Waals surface area contributed by atoms with E-state index in [1.165, 1.54) is 19.3 Å². The molecule has 0 unspecified atom stereocenters. The van der Waals surface area contributed by atoms with Gasteiger partial charge in [0, 0.05) is 0 Å². The molecule has 0 nitrogen and oxygen atoms in total. The smallest absolute Gasteiger partial charge is 0.0564 e. The summed E-state index contributed by atoms with van der Waals surface area (Å²) in [4.78, 5) is 0. The highest BCUT2D eigenvalue weighted by Gasteiger charge is 1.56. The molecule has 72 valence electrons. The summed E-state index contributed by atoms with van der Waals surface area (Å²) in [6.07, 6.45) is 3.89. The molecule has 11 heavy (non-hydrogen) atoms. The van der Waals surface area contributed by atoms with Crippen LogP contribution in [-0.4, -0.2) is 0 Å². The lowest BCUT2D eigenvalue weighted by molar-refractivity contribution is 0.886. The maximum Gasteiger partial charge on any atom is -0.0564 e. The van der Waals surface area contributed by atoms with Crippen molar-refractivity contribution in [3.8, 4) is 0 Å². The highest BCUT2D eigenvalue weighted by molar-refractivity contribution is 4.22. The first-order valence-electron chi connectivity index (χ1n) is 4.83. The average molecular weight is 160 g/mol. The van der Waals surface area contributed by atoms with E-state index in [1.807, 2.05) is 13.8 Å². The van der Waals surface area contributed by atoms with E-state index in [9.17, 15) is 0 Å². The summed E-state index contributed by atoms with van der Waals surface area (Å²) in [5.74, 6) is 0.